The third-order valence-corrected chi connectivity index (χ3v) is 2.29. The third kappa shape index (κ3) is 0.568. The topological polar surface area (TPSA) is 50.4 Å². The minimum absolute atomic E-state index is 0.0150. The van der Waals surface area contributed by atoms with E-state index in [1.165, 1.54) is 0 Å². The van der Waals surface area contributed by atoms with Crippen LogP contribution >= 0.6 is 0 Å². The van der Waals surface area contributed by atoms with Crippen LogP contribution in [0.4, 0.5) is 4.79 Å². The number of alkyl carbamates (subject to hydrolysis) is 1. The molecule has 56 valence electrons. The van der Waals surface area contributed by atoms with Crippen LogP contribution in [0.15, 0.2) is 0 Å². The molecule has 0 aliphatic carbocycles. The summed E-state index contributed by atoms with van der Waals surface area (Å²) in [5.74, 6) is 0. The van der Waals surface area contributed by atoms with E-state index in [0.717, 1.165) is 13.1 Å². The fourth-order valence-corrected chi connectivity index (χ4v) is 1.38. The monoisotopic (exact) mass is 142 g/mol. The van der Waals surface area contributed by atoms with Crippen LogP contribution in [0.2, 0.25) is 0 Å². The van der Waals surface area contributed by atoms with Gasteiger partial charge in [0.1, 0.15) is 11.6 Å². The fraction of sp³-hybridized carbons (Fsp3) is 0.833. The quantitative estimate of drug-likeness (QED) is 0.477. The molecule has 2 heterocycles. The Labute approximate surface area is 58.9 Å². The van der Waals surface area contributed by atoms with Gasteiger partial charge in [-0.05, 0) is 6.92 Å². The van der Waals surface area contributed by atoms with E-state index in [2.05, 4.69) is 10.6 Å². The van der Waals surface area contributed by atoms with Gasteiger partial charge in [0, 0.05) is 13.1 Å². The largest absolute Gasteiger partial charge is 0.444 e. The molecule has 0 aromatic rings. The molecule has 0 aromatic carbocycles. The van der Waals surface area contributed by atoms with E-state index in [9.17, 15) is 4.79 Å². The van der Waals surface area contributed by atoms with Crippen LogP contribution in [0.25, 0.3) is 0 Å². The Morgan fingerprint density at radius 2 is 2.40 bits per heavy atom. The second-order valence-corrected chi connectivity index (χ2v) is 2.93. The Morgan fingerprint density at radius 3 is 2.60 bits per heavy atom. The summed E-state index contributed by atoms with van der Waals surface area (Å²) >= 11 is 0. The fourth-order valence-electron chi connectivity index (χ4n) is 1.38. The van der Waals surface area contributed by atoms with Crippen molar-refractivity contribution in [3.63, 3.8) is 0 Å². The van der Waals surface area contributed by atoms with Gasteiger partial charge in [0.2, 0.25) is 0 Å². The van der Waals surface area contributed by atoms with Crippen molar-refractivity contribution in [3.8, 4) is 0 Å². The van der Waals surface area contributed by atoms with Gasteiger partial charge in [-0.25, -0.2) is 4.79 Å². The van der Waals surface area contributed by atoms with Gasteiger partial charge in [0.25, 0.3) is 0 Å². The molecule has 2 rings (SSSR count). The minimum Gasteiger partial charge on any atom is -0.444 e. The van der Waals surface area contributed by atoms with Gasteiger partial charge in [-0.1, -0.05) is 0 Å². The van der Waals surface area contributed by atoms with Gasteiger partial charge in [-0.15, -0.1) is 0 Å². The molecular weight excluding hydrogens is 132 g/mol. The van der Waals surface area contributed by atoms with E-state index < -0.39 is 0 Å². The average Bonchev–Trinajstić information content (AvgIpc) is 2.04. The van der Waals surface area contributed by atoms with Crippen LogP contribution < -0.4 is 10.6 Å². The van der Waals surface area contributed by atoms with Gasteiger partial charge in [0.15, 0.2) is 0 Å². The van der Waals surface area contributed by atoms with Crippen molar-refractivity contribution >= 4 is 6.09 Å². The molecule has 1 amide bonds. The van der Waals surface area contributed by atoms with Crippen molar-refractivity contribution in [2.45, 2.75) is 18.6 Å². The first-order chi connectivity index (χ1) is 4.73. The van der Waals surface area contributed by atoms with Gasteiger partial charge in [-0.2, -0.15) is 0 Å². The predicted molar refractivity (Wildman–Crippen MR) is 34.7 cm³/mol. The molecule has 2 aliphatic rings. The zero-order valence-electron chi connectivity index (χ0n) is 5.81. The zero-order valence-corrected chi connectivity index (χ0v) is 5.81. The van der Waals surface area contributed by atoms with Crippen LogP contribution in [0.5, 0.6) is 0 Å². The minimum atomic E-state index is -0.283. The first-order valence-electron chi connectivity index (χ1n) is 3.42. The van der Waals surface area contributed by atoms with Crippen LogP contribution in [-0.2, 0) is 4.74 Å². The molecule has 2 saturated heterocycles. The van der Waals surface area contributed by atoms with Gasteiger partial charge < -0.3 is 15.4 Å². The molecule has 0 saturated carbocycles. The summed E-state index contributed by atoms with van der Waals surface area (Å²) < 4.78 is 4.93. The van der Waals surface area contributed by atoms with E-state index >= 15 is 0 Å². The molecule has 4 nitrogen and oxygen atoms in total. The van der Waals surface area contributed by atoms with Crippen molar-refractivity contribution in [3.05, 3.63) is 0 Å². The number of carbonyl (C=O) groups excluding carboxylic acids is 1. The van der Waals surface area contributed by atoms with Crippen LogP contribution in [0, 0.1) is 0 Å². The smallest absolute Gasteiger partial charge is 0.408 e. The first kappa shape index (κ1) is 5.97. The molecule has 2 N–H and O–H groups in total. The lowest BCUT2D eigenvalue weighted by atomic mass is 9.88. The standard InChI is InChI=1S/C6H10N2O2/c1-4-6(2-7-3-6)8-5(9)10-4/h4,7H,2-3H2,1H3,(H,8,9). The maximum Gasteiger partial charge on any atom is 0.408 e. The number of hydrogen-bond acceptors (Lipinski definition) is 3. The van der Waals surface area contributed by atoms with E-state index in [1.54, 1.807) is 0 Å². The SMILES string of the molecule is CC1OC(=O)NC12CNC2. The molecular formula is C6H10N2O2. The third-order valence-electron chi connectivity index (χ3n) is 2.29. The zero-order chi connectivity index (χ0) is 7.19. The number of ether oxygens (including phenoxy) is 1. The highest BCUT2D eigenvalue weighted by atomic mass is 16.6. The van der Waals surface area contributed by atoms with E-state index in [-0.39, 0.29) is 17.7 Å². The Kier molecular flexibility index (Phi) is 0.976. The maximum atomic E-state index is 10.7. The molecule has 0 aromatic heterocycles. The maximum absolute atomic E-state index is 10.7. The summed E-state index contributed by atoms with van der Waals surface area (Å²) in [6, 6.07) is 0. The molecule has 0 bridgehead atoms. The molecule has 0 radical (unpaired) electrons. The van der Waals surface area contributed by atoms with Crippen molar-refractivity contribution in [2.24, 2.45) is 0 Å². The molecule has 1 spiro atoms. The number of carbonyl (C=O) groups is 1. The number of rotatable bonds is 0. The first-order valence-corrected chi connectivity index (χ1v) is 3.42. The normalized spacial score (nSPS) is 34.9. The number of nitrogens with one attached hydrogen (secondary N) is 2. The number of hydrogen-bond donors (Lipinski definition) is 2. The second-order valence-electron chi connectivity index (χ2n) is 2.93. The molecule has 1 unspecified atom stereocenters. The molecule has 4 heteroatoms. The highest BCUT2D eigenvalue weighted by Gasteiger charge is 2.50. The molecule has 2 fully saturated rings. The lowest BCUT2D eigenvalue weighted by molar-refractivity contribution is 0.0971. The van der Waals surface area contributed by atoms with E-state index in [1.807, 2.05) is 6.92 Å². The Morgan fingerprint density at radius 1 is 1.70 bits per heavy atom. The number of cyclic esters (lactones) is 1. The van der Waals surface area contributed by atoms with Gasteiger partial charge in [0.05, 0.1) is 0 Å². The van der Waals surface area contributed by atoms with Crippen molar-refractivity contribution < 1.29 is 9.53 Å². The Bertz CT molecular complexity index is 177. The molecule has 2 aliphatic heterocycles. The Hall–Kier alpha value is -0.770. The summed E-state index contributed by atoms with van der Waals surface area (Å²) in [5.41, 5.74) is -0.0862. The lowest BCUT2D eigenvalue weighted by Crippen LogP contribution is -2.69. The lowest BCUT2D eigenvalue weighted by Gasteiger charge is -2.39. The highest BCUT2D eigenvalue weighted by Crippen LogP contribution is 2.24. The predicted octanol–water partition coefficient (Wildman–Crippen LogP) is -0.543. The molecule has 10 heavy (non-hydrogen) atoms. The summed E-state index contributed by atoms with van der Waals surface area (Å²) in [7, 11) is 0. The summed E-state index contributed by atoms with van der Waals surface area (Å²) in [6.07, 6.45) is -0.268. The van der Waals surface area contributed by atoms with Gasteiger partial charge >= 0.3 is 6.09 Å². The Balaban J connectivity index is 2.15. The van der Waals surface area contributed by atoms with Crippen LogP contribution in [0.3, 0.4) is 0 Å². The van der Waals surface area contributed by atoms with Crippen molar-refractivity contribution in [1.82, 2.24) is 10.6 Å². The van der Waals surface area contributed by atoms with Crippen LogP contribution in [0.1, 0.15) is 6.92 Å². The summed E-state index contributed by atoms with van der Waals surface area (Å²) in [4.78, 5) is 10.7. The average molecular weight is 142 g/mol. The summed E-state index contributed by atoms with van der Waals surface area (Å²) in [5, 5.41) is 5.89. The highest BCUT2D eigenvalue weighted by molar-refractivity contribution is 5.72. The van der Waals surface area contributed by atoms with E-state index in [0.29, 0.717) is 0 Å². The van der Waals surface area contributed by atoms with Crippen molar-refractivity contribution in [1.29, 1.82) is 0 Å². The van der Waals surface area contributed by atoms with E-state index in [4.69, 9.17) is 4.74 Å². The molecule has 1 atom stereocenters. The van der Waals surface area contributed by atoms with Gasteiger partial charge in [-0.3, -0.25) is 0 Å². The van der Waals surface area contributed by atoms with Crippen LogP contribution in [-0.4, -0.2) is 30.8 Å². The summed E-state index contributed by atoms with van der Waals surface area (Å²) in [6.45, 7) is 3.58. The van der Waals surface area contributed by atoms with Crippen molar-refractivity contribution in [2.75, 3.05) is 13.1 Å². The number of amides is 1. The second kappa shape index (κ2) is 1.63.